The zero-order valence-electron chi connectivity index (χ0n) is 14.9. The van der Waals surface area contributed by atoms with Gasteiger partial charge in [0.2, 0.25) is 0 Å². The first-order valence-corrected chi connectivity index (χ1v) is 11.2. The lowest BCUT2D eigenvalue weighted by molar-refractivity contribution is 0.101. The predicted octanol–water partition coefficient (Wildman–Crippen LogP) is 2.54. The highest BCUT2D eigenvalue weighted by molar-refractivity contribution is 7.91. The number of hydrogen-bond donors (Lipinski definition) is 1. The van der Waals surface area contributed by atoms with E-state index >= 15 is 0 Å². The summed E-state index contributed by atoms with van der Waals surface area (Å²) in [6.45, 7) is 1.19. The molecule has 0 aromatic heterocycles. The summed E-state index contributed by atoms with van der Waals surface area (Å²) in [4.78, 5) is 2.18. The highest BCUT2D eigenvalue weighted by Gasteiger charge is 2.41. The van der Waals surface area contributed by atoms with Gasteiger partial charge in [-0.25, -0.2) is 8.42 Å². The normalized spacial score (nSPS) is 34.0. The van der Waals surface area contributed by atoms with E-state index < -0.39 is 9.84 Å². The van der Waals surface area contributed by atoms with Crippen LogP contribution in [0.25, 0.3) is 0 Å². The van der Waals surface area contributed by atoms with Crippen molar-refractivity contribution in [2.45, 2.75) is 37.8 Å². The largest absolute Gasteiger partial charge is 0.382 e. The highest BCUT2D eigenvalue weighted by atomic mass is 32.2. The summed E-state index contributed by atoms with van der Waals surface area (Å²) in [7, 11) is -1.00. The minimum absolute atomic E-state index is 0.261. The molecular formula is C19H28N2O3S. The Kier molecular flexibility index (Phi) is 4.67. The summed E-state index contributed by atoms with van der Waals surface area (Å²) in [5, 5.41) is 3.71. The van der Waals surface area contributed by atoms with Gasteiger partial charge >= 0.3 is 0 Å². The number of hydrogen-bond acceptors (Lipinski definition) is 5. The topological polar surface area (TPSA) is 58.6 Å². The average molecular weight is 365 g/mol. The van der Waals surface area contributed by atoms with Crippen LogP contribution in [0.1, 0.15) is 25.7 Å². The van der Waals surface area contributed by atoms with Gasteiger partial charge in [0.1, 0.15) is 0 Å². The van der Waals surface area contributed by atoms with Crippen LogP contribution >= 0.6 is 0 Å². The molecule has 2 aliphatic carbocycles. The fraction of sp³-hybridized carbons (Fsp3) is 0.684. The second-order valence-electron chi connectivity index (χ2n) is 7.85. The van der Waals surface area contributed by atoms with Crippen molar-refractivity contribution in [1.82, 2.24) is 0 Å². The van der Waals surface area contributed by atoms with Crippen LogP contribution in [0.4, 0.5) is 11.4 Å². The van der Waals surface area contributed by atoms with Crippen molar-refractivity contribution >= 4 is 21.2 Å². The van der Waals surface area contributed by atoms with Gasteiger partial charge in [0.15, 0.2) is 9.84 Å². The molecule has 0 bridgehead atoms. The Hall–Kier alpha value is -1.27. The summed E-state index contributed by atoms with van der Waals surface area (Å²) >= 11 is 0. The Morgan fingerprint density at radius 1 is 1.08 bits per heavy atom. The fourth-order valence-corrected chi connectivity index (χ4v) is 6.07. The van der Waals surface area contributed by atoms with Gasteiger partial charge in [0.05, 0.1) is 17.6 Å². The van der Waals surface area contributed by atoms with Crippen LogP contribution in [0.2, 0.25) is 0 Å². The van der Waals surface area contributed by atoms with Crippen molar-refractivity contribution in [1.29, 1.82) is 0 Å². The van der Waals surface area contributed by atoms with Crippen LogP contribution in [-0.2, 0) is 14.6 Å². The first kappa shape index (κ1) is 17.2. The summed E-state index contributed by atoms with van der Waals surface area (Å²) in [6.07, 6.45) is 5.35. The number of methoxy groups -OCH3 is 1. The van der Waals surface area contributed by atoms with Crippen molar-refractivity contribution in [3.8, 4) is 0 Å². The van der Waals surface area contributed by atoms with E-state index in [9.17, 15) is 8.42 Å². The molecule has 0 radical (unpaired) electrons. The van der Waals surface area contributed by atoms with E-state index in [0.29, 0.717) is 25.2 Å². The van der Waals surface area contributed by atoms with Crippen LogP contribution < -0.4 is 10.2 Å². The van der Waals surface area contributed by atoms with Crippen LogP contribution in [0.15, 0.2) is 24.3 Å². The Bertz CT molecular complexity index is 693. The molecule has 6 heteroatoms. The maximum Gasteiger partial charge on any atom is 0.153 e. The molecule has 0 spiro atoms. The van der Waals surface area contributed by atoms with Crippen molar-refractivity contribution in [3.05, 3.63) is 24.3 Å². The fourth-order valence-electron chi connectivity index (χ4n) is 4.87. The second kappa shape index (κ2) is 6.80. The van der Waals surface area contributed by atoms with E-state index in [0.717, 1.165) is 23.2 Å². The maximum absolute atomic E-state index is 11.6. The third kappa shape index (κ3) is 3.80. The molecule has 4 rings (SSSR count). The molecule has 2 unspecified atom stereocenters. The van der Waals surface area contributed by atoms with Crippen LogP contribution in [0, 0.1) is 11.8 Å². The lowest BCUT2D eigenvalue weighted by Crippen LogP contribution is -2.40. The number of ether oxygens (including phenoxy) is 1. The Morgan fingerprint density at radius 2 is 1.76 bits per heavy atom. The van der Waals surface area contributed by atoms with E-state index in [2.05, 4.69) is 34.5 Å². The Labute approximate surface area is 150 Å². The number of nitrogens with one attached hydrogen (secondary N) is 1. The molecule has 3 aliphatic rings. The number of fused-ring (bicyclic) bond motifs is 1. The number of rotatable bonds is 4. The first-order chi connectivity index (χ1) is 12.0. The summed E-state index contributed by atoms with van der Waals surface area (Å²) in [5.74, 6) is 2.13. The van der Waals surface area contributed by atoms with Crippen molar-refractivity contribution in [2.75, 3.05) is 41.9 Å². The minimum Gasteiger partial charge on any atom is -0.382 e. The molecular weight excluding hydrogens is 336 g/mol. The molecule has 1 heterocycles. The Morgan fingerprint density at radius 3 is 2.40 bits per heavy atom. The molecule has 25 heavy (non-hydrogen) atoms. The summed E-state index contributed by atoms with van der Waals surface area (Å²) in [5.41, 5.74) is 2.27. The van der Waals surface area contributed by atoms with Crippen molar-refractivity contribution < 1.29 is 13.2 Å². The molecule has 1 aliphatic heterocycles. The standard InChI is InChI=1S/C19H28N2O3S/c1-24-19-11-14-9-17(10-15(14)12-19)20-16-3-2-4-18(13-16)21-5-7-25(22,23)8-6-21/h2-4,13-15,17,19-20H,5-12H2,1H3/t14-,15+,17?,19?. The lowest BCUT2D eigenvalue weighted by atomic mass is 10.0. The molecule has 4 atom stereocenters. The van der Waals surface area contributed by atoms with E-state index in [1.54, 1.807) is 0 Å². The molecule has 0 amide bonds. The van der Waals surface area contributed by atoms with Crippen molar-refractivity contribution in [3.63, 3.8) is 0 Å². The third-order valence-electron chi connectivity index (χ3n) is 6.23. The third-order valence-corrected chi connectivity index (χ3v) is 7.84. The van der Waals surface area contributed by atoms with Gasteiger partial charge in [-0.3, -0.25) is 0 Å². The Balaban J connectivity index is 1.37. The predicted molar refractivity (Wildman–Crippen MR) is 101 cm³/mol. The lowest BCUT2D eigenvalue weighted by Gasteiger charge is -2.29. The van der Waals surface area contributed by atoms with Gasteiger partial charge in [-0.05, 0) is 55.7 Å². The molecule has 3 fully saturated rings. The van der Waals surface area contributed by atoms with E-state index in [1.807, 2.05) is 7.11 Å². The molecule has 1 saturated heterocycles. The van der Waals surface area contributed by atoms with Gasteiger partial charge < -0.3 is 15.0 Å². The first-order valence-electron chi connectivity index (χ1n) is 9.37. The van der Waals surface area contributed by atoms with Gasteiger partial charge in [-0.15, -0.1) is 0 Å². The van der Waals surface area contributed by atoms with Gasteiger partial charge in [-0.2, -0.15) is 0 Å². The number of anilines is 2. The zero-order chi connectivity index (χ0) is 17.4. The summed E-state index contributed by atoms with van der Waals surface area (Å²) < 4.78 is 28.8. The monoisotopic (exact) mass is 364 g/mol. The van der Waals surface area contributed by atoms with Crippen LogP contribution in [0.5, 0.6) is 0 Å². The van der Waals surface area contributed by atoms with Gasteiger partial charge in [0.25, 0.3) is 0 Å². The zero-order valence-corrected chi connectivity index (χ0v) is 15.7. The smallest absolute Gasteiger partial charge is 0.153 e. The quantitative estimate of drug-likeness (QED) is 0.890. The highest BCUT2D eigenvalue weighted by Crippen LogP contribution is 2.45. The number of nitrogens with zero attached hydrogens (tertiary/aromatic N) is 1. The van der Waals surface area contributed by atoms with Crippen LogP contribution in [0.3, 0.4) is 0 Å². The summed E-state index contributed by atoms with van der Waals surface area (Å²) in [6, 6.07) is 8.98. The van der Waals surface area contributed by atoms with E-state index in [1.165, 1.54) is 25.7 Å². The number of sulfone groups is 1. The molecule has 1 aromatic carbocycles. The van der Waals surface area contributed by atoms with Gasteiger partial charge in [-0.1, -0.05) is 6.07 Å². The SMILES string of the molecule is COC1C[C@H]2CC(Nc3cccc(N4CCS(=O)(=O)CC4)c3)C[C@H]2C1. The van der Waals surface area contributed by atoms with E-state index in [4.69, 9.17) is 4.74 Å². The molecule has 138 valence electrons. The molecule has 1 N–H and O–H groups in total. The maximum atomic E-state index is 11.6. The average Bonchev–Trinajstić information content (AvgIpc) is 3.13. The number of benzene rings is 1. The van der Waals surface area contributed by atoms with Gasteiger partial charge in [0, 0.05) is 37.6 Å². The molecule has 5 nitrogen and oxygen atoms in total. The second-order valence-corrected chi connectivity index (χ2v) is 10.2. The van der Waals surface area contributed by atoms with Crippen LogP contribution in [-0.4, -0.2) is 52.3 Å². The minimum atomic E-state index is -2.84. The van der Waals surface area contributed by atoms with E-state index in [-0.39, 0.29) is 11.5 Å². The molecule has 2 saturated carbocycles. The molecule has 1 aromatic rings. The van der Waals surface area contributed by atoms with Crippen molar-refractivity contribution in [2.24, 2.45) is 11.8 Å².